The van der Waals surface area contributed by atoms with E-state index in [0.29, 0.717) is 31.6 Å². The molecule has 18 heavy (non-hydrogen) atoms. The van der Waals surface area contributed by atoms with Crippen LogP contribution in [-0.4, -0.2) is 19.1 Å². The van der Waals surface area contributed by atoms with Crippen molar-refractivity contribution >= 4 is 5.97 Å². The third-order valence-corrected chi connectivity index (χ3v) is 3.07. The molecule has 1 atom stereocenters. The Morgan fingerprint density at radius 3 is 2.78 bits per heavy atom. The molecule has 0 heterocycles. The van der Waals surface area contributed by atoms with Crippen LogP contribution in [0.15, 0.2) is 24.3 Å². The summed E-state index contributed by atoms with van der Waals surface area (Å²) in [5.41, 5.74) is 5.29. The number of carbonyl (C=O) groups is 1. The molecule has 0 bridgehead atoms. The van der Waals surface area contributed by atoms with E-state index >= 15 is 0 Å². The fourth-order valence-corrected chi connectivity index (χ4v) is 1.94. The normalized spacial score (nSPS) is 14.0. The fourth-order valence-electron chi connectivity index (χ4n) is 1.94. The van der Waals surface area contributed by atoms with E-state index in [1.807, 2.05) is 0 Å². The van der Waals surface area contributed by atoms with Crippen molar-refractivity contribution in [3.63, 3.8) is 0 Å². The molecule has 0 amide bonds. The maximum atomic E-state index is 13.3. The molecule has 0 saturated heterocycles. The first-order chi connectivity index (χ1) is 8.54. The smallest absolute Gasteiger partial charge is 0.316 e. The molecular formula is C14H20FNO2. The Morgan fingerprint density at radius 2 is 2.22 bits per heavy atom. The third kappa shape index (κ3) is 3.29. The van der Waals surface area contributed by atoms with E-state index in [1.54, 1.807) is 26.0 Å². The number of ether oxygens (including phenoxy) is 1. The van der Waals surface area contributed by atoms with Gasteiger partial charge in [-0.25, -0.2) is 4.39 Å². The highest BCUT2D eigenvalue weighted by molar-refractivity contribution is 5.82. The zero-order valence-corrected chi connectivity index (χ0v) is 10.9. The quantitative estimate of drug-likeness (QED) is 0.792. The average molecular weight is 253 g/mol. The Labute approximate surface area is 107 Å². The molecule has 0 aliphatic carbocycles. The summed E-state index contributed by atoms with van der Waals surface area (Å²) in [6.07, 6.45) is 1.23. The minimum absolute atomic E-state index is 0.312. The van der Waals surface area contributed by atoms with E-state index < -0.39 is 5.41 Å². The summed E-state index contributed by atoms with van der Waals surface area (Å²) in [7, 11) is 0. The lowest BCUT2D eigenvalue weighted by atomic mass is 9.78. The summed E-state index contributed by atoms with van der Waals surface area (Å²) < 4.78 is 18.4. The lowest BCUT2D eigenvalue weighted by Crippen LogP contribution is -2.35. The highest BCUT2D eigenvalue weighted by Gasteiger charge is 2.36. The second-order valence-corrected chi connectivity index (χ2v) is 4.46. The molecule has 0 aliphatic heterocycles. The van der Waals surface area contributed by atoms with Crippen molar-refractivity contribution in [2.75, 3.05) is 13.2 Å². The molecule has 2 N–H and O–H groups in total. The molecule has 0 aromatic heterocycles. The van der Waals surface area contributed by atoms with Crippen LogP contribution in [0.5, 0.6) is 0 Å². The number of halogens is 1. The predicted octanol–water partition coefficient (Wildman–Crippen LogP) is 2.39. The Balaban J connectivity index is 3.06. The summed E-state index contributed by atoms with van der Waals surface area (Å²) in [5.74, 6) is -0.681. The second-order valence-electron chi connectivity index (χ2n) is 4.46. The number of carbonyl (C=O) groups excluding carboxylic acids is 1. The predicted molar refractivity (Wildman–Crippen MR) is 68.7 cm³/mol. The van der Waals surface area contributed by atoms with Crippen LogP contribution in [0.3, 0.4) is 0 Å². The molecule has 1 aromatic rings. The standard InChI is InChI=1S/C14H20FNO2/c1-3-18-13(17)14(2,8-5-9-16)11-6-4-7-12(15)10-11/h4,6-7,10H,3,5,8-9,16H2,1-2H3. The second kappa shape index (κ2) is 6.50. The van der Waals surface area contributed by atoms with Gasteiger partial charge in [0.15, 0.2) is 0 Å². The number of rotatable bonds is 6. The van der Waals surface area contributed by atoms with Gasteiger partial charge in [-0.3, -0.25) is 4.79 Å². The SMILES string of the molecule is CCOC(=O)C(C)(CCCN)c1cccc(F)c1. The maximum Gasteiger partial charge on any atom is 0.316 e. The van der Waals surface area contributed by atoms with Crippen molar-refractivity contribution in [1.82, 2.24) is 0 Å². The van der Waals surface area contributed by atoms with Crippen LogP contribution in [0.4, 0.5) is 4.39 Å². The molecule has 0 aliphatic rings. The molecule has 0 radical (unpaired) electrons. The van der Waals surface area contributed by atoms with Crippen LogP contribution >= 0.6 is 0 Å². The van der Waals surface area contributed by atoms with Crippen LogP contribution in [-0.2, 0) is 14.9 Å². The van der Waals surface area contributed by atoms with Crippen molar-refractivity contribution in [3.05, 3.63) is 35.6 Å². The molecule has 4 heteroatoms. The van der Waals surface area contributed by atoms with Crippen LogP contribution in [0.25, 0.3) is 0 Å². The lowest BCUT2D eigenvalue weighted by molar-refractivity contribution is -0.149. The van der Waals surface area contributed by atoms with Crippen molar-refractivity contribution in [2.24, 2.45) is 5.73 Å². The van der Waals surface area contributed by atoms with Crippen LogP contribution < -0.4 is 5.73 Å². The summed E-state index contributed by atoms with van der Waals surface area (Å²) in [5, 5.41) is 0. The van der Waals surface area contributed by atoms with Gasteiger partial charge in [0, 0.05) is 0 Å². The van der Waals surface area contributed by atoms with E-state index in [2.05, 4.69) is 0 Å². The Morgan fingerprint density at radius 1 is 1.50 bits per heavy atom. The molecule has 0 spiro atoms. The van der Waals surface area contributed by atoms with Crippen LogP contribution in [0.2, 0.25) is 0 Å². The monoisotopic (exact) mass is 253 g/mol. The molecule has 100 valence electrons. The Hall–Kier alpha value is -1.42. The van der Waals surface area contributed by atoms with Crippen molar-refractivity contribution in [2.45, 2.75) is 32.1 Å². The summed E-state index contributed by atoms with van der Waals surface area (Å²) in [6.45, 7) is 4.33. The van der Waals surface area contributed by atoms with Gasteiger partial charge in [-0.1, -0.05) is 12.1 Å². The molecule has 1 aromatic carbocycles. The highest BCUT2D eigenvalue weighted by atomic mass is 19.1. The molecule has 1 unspecified atom stereocenters. The summed E-state index contributed by atoms with van der Waals surface area (Å²) in [6, 6.07) is 6.09. The number of nitrogens with two attached hydrogens (primary N) is 1. The first-order valence-corrected chi connectivity index (χ1v) is 6.18. The maximum absolute atomic E-state index is 13.3. The first-order valence-electron chi connectivity index (χ1n) is 6.18. The van der Waals surface area contributed by atoms with E-state index in [4.69, 9.17) is 10.5 Å². The van der Waals surface area contributed by atoms with Gasteiger partial charge in [0.2, 0.25) is 0 Å². The zero-order chi connectivity index (χ0) is 13.6. The topological polar surface area (TPSA) is 52.3 Å². The van der Waals surface area contributed by atoms with E-state index in [1.165, 1.54) is 12.1 Å². The molecule has 0 saturated carbocycles. The number of benzene rings is 1. The van der Waals surface area contributed by atoms with Gasteiger partial charge >= 0.3 is 5.97 Å². The number of esters is 1. The van der Waals surface area contributed by atoms with Crippen LogP contribution in [0.1, 0.15) is 32.3 Å². The average Bonchev–Trinajstić information content (AvgIpc) is 2.36. The van der Waals surface area contributed by atoms with Crippen molar-refractivity contribution in [1.29, 1.82) is 0 Å². The highest BCUT2D eigenvalue weighted by Crippen LogP contribution is 2.31. The van der Waals surface area contributed by atoms with Crippen molar-refractivity contribution in [3.8, 4) is 0 Å². The van der Waals surface area contributed by atoms with E-state index in [0.717, 1.165) is 0 Å². The van der Waals surface area contributed by atoms with E-state index in [-0.39, 0.29) is 11.8 Å². The summed E-state index contributed by atoms with van der Waals surface area (Å²) in [4.78, 5) is 12.1. The largest absolute Gasteiger partial charge is 0.465 e. The minimum atomic E-state index is -0.836. The van der Waals surface area contributed by atoms with E-state index in [9.17, 15) is 9.18 Å². The van der Waals surface area contributed by atoms with Gasteiger partial charge in [0.05, 0.1) is 12.0 Å². The first kappa shape index (κ1) is 14.6. The van der Waals surface area contributed by atoms with Gasteiger partial charge in [-0.05, 0) is 50.9 Å². The van der Waals surface area contributed by atoms with Gasteiger partial charge < -0.3 is 10.5 Å². The van der Waals surface area contributed by atoms with Gasteiger partial charge in [0.1, 0.15) is 5.82 Å². The van der Waals surface area contributed by atoms with Gasteiger partial charge in [0.25, 0.3) is 0 Å². The zero-order valence-electron chi connectivity index (χ0n) is 10.9. The summed E-state index contributed by atoms with van der Waals surface area (Å²) >= 11 is 0. The molecule has 3 nitrogen and oxygen atoms in total. The number of hydrogen-bond donors (Lipinski definition) is 1. The fraction of sp³-hybridized carbons (Fsp3) is 0.500. The Bertz CT molecular complexity index is 409. The van der Waals surface area contributed by atoms with Crippen LogP contribution in [0, 0.1) is 5.82 Å². The van der Waals surface area contributed by atoms with Gasteiger partial charge in [-0.15, -0.1) is 0 Å². The lowest BCUT2D eigenvalue weighted by Gasteiger charge is -2.27. The molecule has 0 fully saturated rings. The third-order valence-electron chi connectivity index (χ3n) is 3.07. The Kier molecular flexibility index (Phi) is 5.28. The van der Waals surface area contributed by atoms with Crippen molar-refractivity contribution < 1.29 is 13.9 Å². The minimum Gasteiger partial charge on any atom is -0.465 e. The molecular weight excluding hydrogens is 233 g/mol. The van der Waals surface area contributed by atoms with Gasteiger partial charge in [-0.2, -0.15) is 0 Å². The molecule has 1 rings (SSSR count). The number of hydrogen-bond acceptors (Lipinski definition) is 3.